The van der Waals surface area contributed by atoms with Gasteiger partial charge in [0, 0.05) is 10.0 Å². The zero-order valence-electron chi connectivity index (χ0n) is 7.95. The first-order valence-electron chi connectivity index (χ1n) is 4.76. The van der Waals surface area contributed by atoms with Crippen molar-refractivity contribution in [3.63, 3.8) is 0 Å². The molecule has 2 rings (SSSR count). The Hall–Kier alpha value is -0.740. The molecule has 1 heterocycles. The van der Waals surface area contributed by atoms with Gasteiger partial charge in [0.2, 0.25) is 0 Å². The Morgan fingerprint density at radius 3 is 2.87 bits per heavy atom. The number of hydrogen-bond donors (Lipinski definition) is 0. The third-order valence-corrected chi connectivity index (χ3v) is 3.01. The summed E-state index contributed by atoms with van der Waals surface area (Å²) in [6.07, 6.45) is 1.48. The molecule has 0 spiro atoms. The molecule has 1 saturated heterocycles. The van der Waals surface area contributed by atoms with Crippen molar-refractivity contribution in [1.29, 1.82) is 0 Å². The van der Waals surface area contributed by atoms with Crippen molar-refractivity contribution in [2.75, 3.05) is 0 Å². The van der Waals surface area contributed by atoms with E-state index in [9.17, 15) is 9.18 Å². The van der Waals surface area contributed by atoms with Gasteiger partial charge in [-0.15, -0.1) is 0 Å². The fraction of sp³-hybridized carbons (Fsp3) is 0.364. The van der Waals surface area contributed by atoms with Gasteiger partial charge in [-0.05, 0) is 25.0 Å². The average Bonchev–Trinajstić information content (AvgIpc) is 2.66. The maximum absolute atomic E-state index is 13.5. The van der Waals surface area contributed by atoms with Gasteiger partial charge in [-0.1, -0.05) is 22.0 Å². The second-order valence-electron chi connectivity index (χ2n) is 3.54. The van der Waals surface area contributed by atoms with Crippen LogP contribution in [0.25, 0.3) is 0 Å². The zero-order chi connectivity index (χ0) is 10.8. The predicted molar refractivity (Wildman–Crippen MR) is 57.0 cm³/mol. The molecule has 2 unspecified atom stereocenters. The number of aldehydes is 1. The van der Waals surface area contributed by atoms with Gasteiger partial charge >= 0.3 is 0 Å². The van der Waals surface area contributed by atoms with Crippen molar-refractivity contribution in [2.24, 2.45) is 0 Å². The van der Waals surface area contributed by atoms with Crippen LogP contribution in [-0.2, 0) is 9.53 Å². The molecule has 1 aromatic rings. The van der Waals surface area contributed by atoms with E-state index in [0.29, 0.717) is 22.9 Å². The molecule has 0 aromatic heterocycles. The number of carbonyl (C=O) groups excluding carboxylic acids is 1. The highest BCUT2D eigenvalue weighted by molar-refractivity contribution is 9.10. The summed E-state index contributed by atoms with van der Waals surface area (Å²) in [6, 6.07) is 4.88. The SMILES string of the molecule is O=CC1CCC(c2ccc(Br)cc2F)O1. The largest absolute Gasteiger partial charge is 0.363 e. The van der Waals surface area contributed by atoms with E-state index < -0.39 is 0 Å². The van der Waals surface area contributed by atoms with Crippen LogP contribution in [0.3, 0.4) is 0 Å². The molecule has 2 atom stereocenters. The molecule has 0 saturated carbocycles. The number of rotatable bonds is 2. The molecular formula is C11H10BrFO2. The molecule has 0 bridgehead atoms. The quantitative estimate of drug-likeness (QED) is 0.774. The number of halogens is 2. The van der Waals surface area contributed by atoms with Gasteiger partial charge in [-0.2, -0.15) is 0 Å². The molecular weight excluding hydrogens is 263 g/mol. The van der Waals surface area contributed by atoms with E-state index in [1.54, 1.807) is 12.1 Å². The minimum atomic E-state index is -0.377. The van der Waals surface area contributed by atoms with Gasteiger partial charge in [-0.3, -0.25) is 0 Å². The Labute approximate surface area is 95.6 Å². The van der Waals surface area contributed by atoms with Gasteiger partial charge in [-0.25, -0.2) is 4.39 Å². The minimum absolute atomic E-state index is 0.284. The lowest BCUT2D eigenvalue weighted by molar-refractivity contribution is -0.117. The lowest BCUT2D eigenvalue weighted by Gasteiger charge is -2.11. The van der Waals surface area contributed by atoms with Crippen LogP contribution in [0.5, 0.6) is 0 Å². The standard InChI is InChI=1S/C11H10BrFO2/c12-7-1-3-9(10(13)5-7)11-4-2-8(6-14)15-11/h1,3,5-6,8,11H,2,4H2. The van der Waals surface area contributed by atoms with Crippen molar-refractivity contribution in [3.05, 3.63) is 34.1 Å². The smallest absolute Gasteiger partial charge is 0.148 e. The fourth-order valence-electron chi connectivity index (χ4n) is 1.75. The third kappa shape index (κ3) is 2.26. The first kappa shape index (κ1) is 10.8. The molecule has 80 valence electrons. The van der Waals surface area contributed by atoms with Crippen LogP contribution < -0.4 is 0 Å². The molecule has 1 aliphatic rings. The van der Waals surface area contributed by atoms with E-state index in [0.717, 1.165) is 6.29 Å². The number of hydrogen-bond acceptors (Lipinski definition) is 2. The molecule has 1 aromatic carbocycles. The van der Waals surface area contributed by atoms with Gasteiger partial charge in [0.25, 0.3) is 0 Å². The molecule has 15 heavy (non-hydrogen) atoms. The third-order valence-electron chi connectivity index (χ3n) is 2.51. The summed E-state index contributed by atoms with van der Waals surface area (Å²) in [5.74, 6) is -0.291. The highest BCUT2D eigenvalue weighted by Gasteiger charge is 2.27. The van der Waals surface area contributed by atoms with Gasteiger partial charge < -0.3 is 9.53 Å². The molecule has 0 radical (unpaired) electrons. The van der Waals surface area contributed by atoms with Crippen LogP contribution in [0.4, 0.5) is 4.39 Å². The van der Waals surface area contributed by atoms with Crippen molar-refractivity contribution < 1.29 is 13.9 Å². The summed E-state index contributed by atoms with van der Waals surface area (Å²) in [5.41, 5.74) is 0.530. The maximum Gasteiger partial charge on any atom is 0.148 e. The molecule has 4 heteroatoms. The Morgan fingerprint density at radius 1 is 1.47 bits per heavy atom. The Bertz CT molecular complexity index is 381. The fourth-order valence-corrected chi connectivity index (χ4v) is 2.09. The van der Waals surface area contributed by atoms with Crippen molar-refractivity contribution in [1.82, 2.24) is 0 Å². The molecule has 0 aliphatic carbocycles. The van der Waals surface area contributed by atoms with E-state index in [4.69, 9.17) is 4.74 Å². The summed E-state index contributed by atoms with van der Waals surface area (Å²) in [6.45, 7) is 0. The number of carbonyl (C=O) groups is 1. The van der Waals surface area contributed by atoms with E-state index in [2.05, 4.69) is 15.9 Å². The lowest BCUT2D eigenvalue weighted by Crippen LogP contribution is -2.08. The number of ether oxygens (including phenoxy) is 1. The highest BCUT2D eigenvalue weighted by atomic mass is 79.9. The summed E-state index contributed by atoms with van der Waals surface area (Å²) in [5, 5.41) is 0. The first-order valence-corrected chi connectivity index (χ1v) is 5.55. The van der Waals surface area contributed by atoms with Crippen LogP contribution in [0.15, 0.2) is 22.7 Å². The van der Waals surface area contributed by atoms with Gasteiger partial charge in [0.05, 0.1) is 6.10 Å². The molecule has 1 aliphatic heterocycles. The average molecular weight is 273 g/mol. The predicted octanol–water partition coefficient (Wildman–Crippen LogP) is 3.01. The summed E-state index contributed by atoms with van der Waals surface area (Å²) in [4.78, 5) is 10.5. The molecule has 0 N–H and O–H groups in total. The topological polar surface area (TPSA) is 26.3 Å². The van der Waals surface area contributed by atoms with E-state index in [-0.39, 0.29) is 18.0 Å². The van der Waals surface area contributed by atoms with Gasteiger partial charge in [0.15, 0.2) is 0 Å². The van der Waals surface area contributed by atoms with Crippen molar-refractivity contribution >= 4 is 22.2 Å². The van der Waals surface area contributed by atoms with Crippen molar-refractivity contribution in [3.8, 4) is 0 Å². The Balaban J connectivity index is 2.20. The maximum atomic E-state index is 13.5. The van der Waals surface area contributed by atoms with Crippen molar-refractivity contribution in [2.45, 2.75) is 25.0 Å². The van der Waals surface area contributed by atoms with Crippen LogP contribution in [0, 0.1) is 5.82 Å². The lowest BCUT2D eigenvalue weighted by atomic mass is 10.1. The van der Waals surface area contributed by atoms with Crippen LogP contribution >= 0.6 is 15.9 Å². The van der Waals surface area contributed by atoms with E-state index >= 15 is 0 Å². The molecule has 1 fully saturated rings. The van der Waals surface area contributed by atoms with Gasteiger partial charge in [0.1, 0.15) is 18.2 Å². The van der Waals surface area contributed by atoms with Crippen LogP contribution in [0.2, 0.25) is 0 Å². The van der Waals surface area contributed by atoms with Crippen LogP contribution in [-0.4, -0.2) is 12.4 Å². The summed E-state index contributed by atoms with van der Waals surface area (Å²) >= 11 is 3.19. The van der Waals surface area contributed by atoms with Crippen LogP contribution in [0.1, 0.15) is 24.5 Å². The highest BCUT2D eigenvalue weighted by Crippen LogP contribution is 2.34. The van der Waals surface area contributed by atoms with E-state index in [1.165, 1.54) is 6.07 Å². The zero-order valence-corrected chi connectivity index (χ0v) is 9.54. The molecule has 0 amide bonds. The Morgan fingerprint density at radius 2 is 2.27 bits per heavy atom. The summed E-state index contributed by atoms with van der Waals surface area (Å²) < 4.78 is 19.6. The second kappa shape index (κ2) is 4.41. The second-order valence-corrected chi connectivity index (χ2v) is 4.46. The van der Waals surface area contributed by atoms with E-state index in [1.807, 2.05) is 0 Å². The Kier molecular flexibility index (Phi) is 3.17. The summed E-state index contributed by atoms with van der Waals surface area (Å²) in [7, 11) is 0. The minimum Gasteiger partial charge on any atom is -0.363 e. The monoisotopic (exact) mass is 272 g/mol. The first-order chi connectivity index (χ1) is 7.20. The normalized spacial score (nSPS) is 25.5. The molecule has 2 nitrogen and oxygen atoms in total. The number of benzene rings is 1.